The SMILES string of the molecule is Cc1ccc(O)c(CNCC2CCCS2)n1. The first-order chi connectivity index (χ1) is 7.75. The lowest BCUT2D eigenvalue weighted by atomic mass is 10.2. The van der Waals surface area contributed by atoms with Crippen LogP contribution < -0.4 is 5.32 Å². The summed E-state index contributed by atoms with van der Waals surface area (Å²) >= 11 is 2.04. The molecule has 4 heteroatoms. The van der Waals surface area contributed by atoms with Crippen LogP contribution in [0.3, 0.4) is 0 Å². The third-order valence-electron chi connectivity index (χ3n) is 2.78. The van der Waals surface area contributed by atoms with Crippen LogP contribution in [-0.2, 0) is 6.54 Å². The fourth-order valence-electron chi connectivity index (χ4n) is 1.89. The van der Waals surface area contributed by atoms with Crippen molar-refractivity contribution in [1.82, 2.24) is 10.3 Å². The first-order valence-corrected chi connectivity index (χ1v) is 6.78. The topological polar surface area (TPSA) is 45.1 Å². The zero-order valence-electron chi connectivity index (χ0n) is 9.57. The molecule has 1 aromatic heterocycles. The second-order valence-corrected chi connectivity index (χ2v) is 5.59. The number of thioether (sulfide) groups is 1. The van der Waals surface area contributed by atoms with E-state index < -0.39 is 0 Å². The summed E-state index contributed by atoms with van der Waals surface area (Å²) in [6, 6.07) is 3.54. The second-order valence-electron chi connectivity index (χ2n) is 4.18. The minimum absolute atomic E-state index is 0.289. The molecule has 1 saturated heterocycles. The predicted octanol–water partition coefficient (Wildman–Crippen LogP) is 2.08. The van der Waals surface area contributed by atoms with Crippen molar-refractivity contribution in [2.45, 2.75) is 31.6 Å². The van der Waals surface area contributed by atoms with Crippen molar-refractivity contribution >= 4 is 11.8 Å². The van der Waals surface area contributed by atoms with Crippen LogP contribution in [0.2, 0.25) is 0 Å². The number of hydrogen-bond donors (Lipinski definition) is 2. The Balaban J connectivity index is 1.82. The second kappa shape index (κ2) is 5.55. The highest BCUT2D eigenvalue weighted by molar-refractivity contribution is 8.00. The maximum Gasteiger partial charge on any atom is 0.138 e. The van der Waals surface area contributed by atoms with E-state index in [4.69, 9.17) is 0 Å². The fraction of sp³-hybridized carbons (Fsp3) is 0.583. The molecule has 2 rings (SSSR count). The first kappa shape index (κ1) is 11.7. The third kappa shape index (κ3) is 3.12. The molecule has 1 atom stereocenters. The largest absolute Gasteiger partial charge is 0.506 e. The van der Waals surface area contributed by atoms with Gasteiger partial charge in [-0.25, -0.2) is 0 Å². The van der Waals surface area contributed by atoms with Gasteiger partial charge in [0.1, 0.15) is 5.75 Å². The lowest BCUT2D eigenvalue weighted by molar-refractivity contribution is 0.459. The molecule has 0 aromatic carbocycles. The molecule has 1 fully saturated rings. The van der Waals surface area contributed by atoms with Gasteiger partial charge in [0.05, 0.1) is 5.69 Å². The van der Waals surface area contributed by atoms with Gasteiger partial charge in [-0.05, 0) is 37.7 Å². The quantitative estimate of drug-likeness (QED) is 0.843. The van der Waals surface area contributed by atoms with Crippen LogP contribution in [0, 0.1) is 6.92 Å². The molecule has 0 aliphatic carbocycles. The number of pyridine rings is 1. The van der Waals surface area contributed by atoms with Crippen molar-refractivity contribution < 1.29 is 5.11 Å². The van der Waals surface area contributed by atoms with Crippen molar-refractivity contribution in [3.05, 3.63) is 23.5 Å². The number of aryl methyl sites for hydroxylation is 1. The van der Waals surface area contributed by atoms with Crippen molar-refractivity contribution in [3.8, 4) is 5.75 Å². The van der Waals surface area contributed by atoms with E-state index in [9.17, 15) is 5.11 Å². The molecule has 0 amide bonds. The number of aromatic nitrogens is 1. The molecule has 3 nitrogen and oxygen atoms in total. The standard InChI is InChI=1S/C12H18N2OS/c1-9-4-5-12(15)11(14-9)8-13-7-10-3-2-6-16-10/h4-5,10,13,15H,2-3,6-8H2,1H3. The Bertz CT molecular complexity index is 351. The van der Waals surface area contributed by atoms with E-state index in [0.29, 0.717) is 6.54 Å². The number of rotatable bonds is 4. The monoisotopic (exact) mass is 238 g/mol. The Morgan fingerprint density at radius 2 is 2.44 bits per heavy atom. The zero-order chi connectivity index (χ0) is 11.4. The summed E-state index contributed by atoms with van der Waals surface area (Å²) in [6.45, 7) is 3.61. The molecule has 0 radical (unpaired) electrons. The number of nitrogens with one attached hydrogen (secondary N) is 1. The van der Waals surface area contributed by atoms with Gasteiger partial charge in [-0.1, -0.05) is 0 Å². The van der Waals surface area contributed by atoms with Crippen LogP contribution in [-0.4, -0.2) is 27.6 Å². The lowest BCUT2D eigenvalue weighted by Crippen LogP contribution is -2.23. The Hall–Kier alpha value is -0.740. The number of hydrogen-bond acceptors (Lipinski definition) is 4. The molecule has 2 heterocycles. The van der Waals surface area contributed by atoms with E-state index in [0.717, 1.165) is 23.2 Å². The summed E-state index contributed by atoms with van der Waals surface area (Å²) in [5.74, 6) is 1.58. The summed E-state index contributed by atoms with van der Waals surface area (Å²) in [6.07, 6.45) is 2.65. The Morgan fingerprint density at radius 1 is 1.56 bits per heavy atom. The van der Waals surface area contributed by atoms with E-state index in [2.05, 4.69) is 10.3 Å². The average Bonchev–Trinajstić information content (AvgIpc) is 2.76. The summed E-state index contributed by atoms with van der Waals surface area (Å²) in [5.41, 5.74) is 1.70. The van der Waals surface area contributed by atoms with Gasteiger partial charge in [-0.3, -0.25) is 4.98 Å². The van der Waals surface area contributed by atoms with Crippen LogP contribution in [0.5, 0.6) is 5.75 Å². The molecular formula is C12H18N2OS. The molecule has 1 aliphatic heterocycles. The average molecular weight is 238 g/mol. The highest BCUT2D eigenvalue weighted by Crippen LogP contribution is 2.25. The third-order valence-corrected chi connectivity index (χ3v) is 4.18. The van der Waals surface area contributed by atoms with Crippen LogP contribution in [0.15, 0.2) is 12.1 Å². The highest BCUT2D eigenvalue weighted by Gasteiger charge is 2.14. The molecule has 16 heavy (non-hydrogen) atoms. The van der Waals surface area contributed by atoms with Crippen molar-refractivity contribution in [2.24, 2.45) is 0 Å². The summed E-state index contributed by atoms with van der Waals surface area (Å²) in [4.78, 5) is 4.32. The number of aromatic hydroxyl groups is 1. The Labute approximate surface area is 101 Å². The molecule has 1 aliphatic rings. The van der Waals surface area contributed by atoms with Crippen molar-refractivity contribution in [3.63, 3.8) is 0 Å². The molecular weight excluding hydrogens is 220 g/mol. The van der Waals surface area contributed by atoms with Crippen LogP contribution in [0.4, 0.5) is 0 Å². The van der Waals surface area contributed by atoms with Gasteiger partial charge in [-0.15, -0.1) is 0 Å². The van der Waals surface area contributed by atoms with E-state index >= 15 is 0 Å². The Kier molecular flexibility index (Phi) is 4.07. The van der Waals surface area contributed by atoms with Gasteiger partial charge >= 0.3 is 0 Å². The minimum Gasteiger partial charge on any atom is -0.506 e. The summed E-state index contributed by atoms with van der Waals surface area (Å²) in [7, 11) is 0. The van der Waals surface area contributed by atoms with Crippen LogP contribution in [0.25, 0.3) is 0 Å². The van der Waals surface area contributed by atoms with E-state index in [1.54, 1.807) is 6.07 Å². The molecule has 1 aromatic rings. The van der Waals surface area contributed by atoms with Crippen LogP contribution >= 0.6 is 11.8 Å². The van der Waals surface area contributed by atoms with Gasteiger partial charge in [0, 0.05) is 24.0 Å². The zero-order valence-corrected chi connectivity index (χ0v) is 10.4. The highest BCUT2D eigenvalue weighted by atomic mass is 32.2. The Morgan fingerprint density at radius 3 is 3.19 bits per heavy atom. The molecule has 1 unspecified atom stereocenters. The summed E-state index contributed by atoms with van der Waals surface area (Å²) in [5, 5.41) is 13.7. The lowest BCUT2D eigenvalue weighted by Gasteiger charge is -2.10. The molecule has 88 valence electrons. The first-order valence-electron chi connectivity index (χ1n) is 5.73. The molecule has 2 N–H and O–H groups in total. The van der Waals surface area contributed by atoms with Gasteiger partial charge in [0.25, 0.3) is 0 Å². The summed E-state index contributed by atoms with van der Waals surface area (Å²) < 4.78 is 0. The maximum absolute atomic E-state index is 9.62. The smallest absolute Gasteiger partial charge is 0.138 e. The van der Waals surface area contributed by atoms with Crippen molar-refractivity contribution in [1.29, 1.82) is 0 Å². The van der Waals surface area contributed by atoms with Gasteiger partial charge in [0.15, 0.2) is 0 Å². The number of nitrogens with zero attached hydrogens (tertiary/aromatic N) is 1. The van der Waals surface area contributed by atoms with Gasteiger partial charge in [-0.2, -0.15) is 11.8 Å². The van der Waals surface area contributed by atoms with Crippen molar-refractivity contribution in [2.75, 3.05) is 12.3 Å². The van der Waals surface area contributed by atoms with Gasteiger partial charge in [0.2, 0.25) is 0 Å². The normalized spacial score (nSPS) is 20.2. The maximum atomic E-state index is 9.62. The van der Waals surface area contributed by atoms with E-state index in [1.807, 2.05) is 24.8 Å². The van der Waals surface area contributed by atoms with Crippen LogP contribution in [0.1, 0.15) is 24.2 Å². The minimum atomic E-state index is 0.289. The molecule has 0 saturated carbocycles. The van der Waals surface area contributed by atoms with E-state index in [1.165, 1.54) is 18.6 Å². The van der Waals surface area contributed by atoms with E-state index in [-0.39, 0.29) is 5.75 Å². The van der Waals surface area contributed by atoms with Gasteiger partial charge < -0.3 is 10.4 Å². The molecule has 0 bridgehead atoms. The fourth-order valence-corrected chi connectivity index (χ4v) is 3.13. The predicted molar refractivity (Wildman–Crippen MR) is 67.8 cm³/mol. The molecule has 0 spiro atoms.